The zero-order chi connectivity index (χ0) is 8.97. The normalized spacial score (nSPS) is 8.43. The maximum Gasteiger partial charge on any atom is 0.143 e. The van der Waals surface area contributed by atoms with Crippen molar-refractivity contribution in [1.82, 2.24) is 0 Å². The number of rotatable bonds is 3. The molecule has 0 fully saturated rings. The van der Waals surface area contributed by atoms with E-state index in [1.807, 2.05) is 6.92 Å². The highest BCUT2D eigenvalue weighted by atomic mass is 19.1. The van der Waals surface area contributed by atoms with Gasteiger partial charge < -0.3 is 15.7 Å². The van der Waals surface area contributed by atoms with E-state index in [1.165, 1.54) is 6.07 Å². The van der Waals surface area contributed by atoms with E-state index in [-0.39, 0.29) is 16.8 Å². The largest absolute Gasteiger partial charge is 0.494 e. The van der Waals surface area contributed by atoms with Crippen LogP contribution in [0.15, 0.2) is 18.2 Å². The lowest BCUT2D eigenvalue weighted by atomic mass is 9.95. The third-order valence-electron chi connectivity index (χ3n) is 1.60. The second kappa shape index (κ2) is 7.35. The molecule has 1 aromatic rings. The van der Waals surface area contributed by atoms with Crippen LogP contribution in [0, 0.1) is 5.82 Å². The zero-order valence-corrected chi connectivity index (χ0v) is 8.43. The lowest BCUT2D eigenvalue weighted by molar-refractivity contribution is 0.317. The number of hydrogen-bond donors (Lipinski definition) is 0. The highest BCUT2D eigenvalue weighted by Crippen LogP contribution is 2.08. The zero-order valence-electron chi connectivity index (χ0n) is 8.43. The molecule has 14 heavy (non-hydrogen) atoms. The fourth-order valence-corrected chi connectivity index (χ4v) is 0.927. The van der Waals surface area contributed by atoms with Gasteiger partial charge in [0.2, 0.25) is 0 Å². The molecule has 0 spiro atoms. The average molecular weight is 202 g/mol. The molecule has 0 aliphatic rings. The van der Waals surface area contributed by atoms with E-state index in [1.54, 1.807) is 20.0 Å². The van der Waals surface area contributed by atoms with Crippen LogP contribution in [-0.4, -0.2) is 25.4 Å². The number of ether oxygens (including phenoxy) is 1. The van der Waals surface area contributed by atoms with Crippen LogP contribution in [0.4, 0.5) is 4.39 Å². The number of hydrogen-bond acceptors (Lipinski definition) is 1. The van der Waals surface area contributed by atoms with Gasteiger partial charge in [0, 0.05) is 0 Å². The average Bonchev–Trinajstić information content (AvgIpc) is 2.07. The number of halogens is 1. The Morgan fingerprint density at radius 1 is 1.36 bits per heavy atom. The second-order valence-electron chi connectivity index (χ2n) is 2.76. The molecule has 0 amide bonds. The molecule has 0 radical (unpaired) electrons. The van der Waals surface area contributed by atoms with Gasteiger partial charge in [-0.2, -0.15) is 0 Å². The lowest BCUT2D eigenvalue weighted by Gasteiger charge is -2.05. The smallest absolute Gasteiger partial charge is 0.143 e. The molecule has 0 heterocycles. The van der Waals surface area contributed by atoms with Crippen molar-refractivity contribution >= 4 is 13.3 Å². The van der Waals surface area contributed by atoms with E-state index in [2.05, 4.69) is 0 Å². The van der Waals surface area contributed by atoms with Gasteiger partial charge in [-0.1, -0.05) is 12.4 Å². The molecule has 0 aromatic heterocycles. The van der Waals surface area contributed by atoms with Crippen LogP contribution in [0.3, 0.4) is 0 Å². The van der Waals surface area contributed by atoms with Crippen LogP contribution >= 0.6 is 0 Å². The lowest BCUT2D eigenvalue weighted by Crippen LogP contribution is -2.08. The molecule has 5 heteroatoms. The van der Waals surface area contributed by atoms with Crippen LogP contribution < -0.4 is 10.2 Å². The molecular formula is C9H16BFO3. The van der Waals surface area contributed by atoms with Crippen LogP contribution in [0.2, 0.25) is 0 Å². The Labute approximate surface area is 83.9 Å². The van der Waals surface area contributed by atoms with Gasteiger partial charge in [0.25, 0.3) is 0 Å². The summed E-state index contributed by atoms with van der Waals surface area (Å²) in [5.41, 5.74) is 0.628. The first-order valence-electron chi connectivity index (χ1n) is 4.13. The SMILES string of the molecule is Bc1cc(OCCC)ccc1F.O.O. The predicted octanol–water partition coefficient (Wildman–Crippen LogP) is -0.776. The van der Waals surface area contributed by atoms with E-state index in [9.17, 15) is 4.39 Å². The Bertz CT molecular complexity index is 268. The van der Waals surface area contributed by atoms with Crippen molar-refractivity contribution < 1.29 is 20.1 Å². The maximum atomic E-state index is 12.8. The first-order valence-corrected chi connectivity index (χ1v) is 4.13. The maximum absolute atomic E-state index is 12.8. The van der Waals surface area contributed by atoms with Crippen molar-refractivity contribution in [2.24, 2.45) is 0 Å². The summed E-state index contributed by atoms with van der Waals surface area (Å²) in [5, 5.41) is 0. The summed E-state index contributed by atoms with van der Waals surface area (Å²) in [6.45, 7) is 2.72. The minimum Gasteiger partial charge on any atom is -0.494 e. The Hall–Kier alpha value is -1.07. The first-order chi connectivity index (χ1) is 5.74. The standard InChI is InChI=1S/C9H12BFO.2H2O/c1-2-5-12-7-3-4-9(11)8(10)6-7;;/h3-4,6H,2,5,10H2,1H3;2*1H2. The fraction of sp³-hybridized carbons (Fsp3) is 0.333. The van der Waals surface area contributed by atoms with Crippen molar-refractivity contribution in [3.05, 3.63) is 24.0 Å². The monoisotopic (exact) mass is 202 g/mol. The quantitative estimate of drug-likeness (QED) is 0.592. The number of benzene rings is 1. The minimum absolute atomic E-state index is 0. The van der Waals surface area contributed by atoms with Crippen molar-refractivity contribution in [3.8, 4) is 5.75 Å². The molecule has 0 aliphatic carbocycles. The van der Waals surface area contributed by atoms with E-state index in [0.717, 1.165) is 12.2 Å². The van der Waals surface area contributed by atoms with Gasteiger partial charge in [0.1, 0.15) is 19.4 Å². The molecule has 0 aliphatic heterocycles. The summed E-state index contributed by atoms with van der Waals surface area (Å²) >= 11 is 0. The summed E-state index contributed by atoms with van der Waals surface area (Å²) in [6, 6.07) is 4.79. The van der Waals surface area contributed by atoms with Gasteiger partial charge in [-0.3, -0.25) is 0 Å². The molecule has 80 valence electrons. The van der Waals surface area contributed by atoms with E-state index in [4.69, 9.17) is 4.74 Å². The molecule has 0 saturated heterocycles. The molecule has 0 bridgehead atoms. The highest BCUT2D eigenvalue weighted by Gasteiger charge is 1.98. The highest BCUT2D eigenvalue weighted by molar-refractivity contribution is 6.32. The van der Waals surface area contributed by atoms with Crippen molar-refractivity contribution in [2.75, 3.05) is 6.61 Å². The topological polar surface area (TPSA) is 72.2 Å². The van der Waals surface area contributed by atoms with Gasteiger partial charge in [0.05, 0.1) is 6.61 Å². The Morgan fingerprint density at radius 2 is 2.00 bits per heavy atom. The molecule has 0 saturated carbocycles. The van der Waals surface area contributed by atoms with E-state index >= 15 is 0 Å². The van der Waals surface area contributed by atoms with Gasteiger partial charge in [-0.05, 0) is 24.6 Å². The summed E-state index contributed by atoms with van der Waals surface area (Å²) in [6.07, 6.45) is 0.969. The minimum atomic E-state index is -0.182. The Morgan fingerprint density at radius 3 is 2.50 bits per heavy atom. The molecule has 3 nitrogen and oxygen atoms in total. The van der Waals surface area contributed by atoms with Gasteiger partial charge in [-0.25, -0.2) is 4.39 Å². The molecule has 1 rings (SSSR count). The summed E-state index contributed by atoms with van der Waals surface area (Å²) in [7, 11) is 1.73. The summed E-state index contributed by atoms with van der Waals surface area (Å²) < 4.78 is 18.1. The van der Waals surface area contributed by atoms with Gasteiger partial charge in [0.15, 0.2) is 0 Å². The van der Waals surface area contributed by atoms with Gasteiger partial charge in [-0.15, -0.1) is 0 Å². The Kier molecular flexibility index (Phi) is 8.09. The van der Waals surface area contributed by atoms with Crippen LogP contribution in [0.5, 0.6) is 5.75 Å². The van der Waals surface area contributed by atoms with Gasteiger partial charge >= 0.3 is 0 Å². The molecule has 4 N–H and O–H groups in total. The summed E-state index contributed by atoms with van der Waals surface area (Å²) in [4.78, 5) is 0. The first kappa shape index (κ1) is 15.4. The van der Waals surface area contributed by atoms with E-state index in [0.29, 0.717) is 12.1 Å². The van der Waals surface area contributed by atoms with Crippen molar-refractivity contribution in [2.45, 2.75) is 13.3 Å². The summed E-state index contributed by atoms with van der Waals surface area (Å²) in [5.74, 6) is 0.564. The Balaban J connectivity index is 0. The van der Waals surface area contributed by atoms with Crippen LogP contribution in [0.25, 0.3) is 0 Å². The molecule has 1 aromatic carbocycles. The van der Waals surface area contributed by atoms with Crippen molar-refractivity contribution in [1.29, 1.82) is 0 Å². The molecular weight excluding hydrogens is 186 g/mol. The molecule has 0 unspecified atom stereocenters. The van der Waals surface area contributed by atoms with Crippen LogP contribution in [0.1, 0.15) is 13.3 Å². The van der Waals surface area contributed by atoms with Crippen molar-refractivity contribution in [3.63, 3.8) is 0 Å². The van der Waals surface area contributed by atoms with E-state index < -0.39 is 0 Å². The fourth-order valence-electron chi connectivity index (χ4n) is 0.927. The predicted molar refractivity (Wildman–Crippen MR) is 57.6 cm³/mol. The second-order valence-corrected chi connectivity index (χ2v) is 2.76. The molecule has 0 atom stereocenters. The third kappa shape index (κ3) is 4.25. The third-order valence-corrected chi connectivity index (χ3v) is 1.60. The van der Waals surface area contributed by atoms with Crippen LogP contribution in [-0.2, 0) is 0 Å².